The summed E-state index contributed by atoms with van der Waals surface area (Å²) in [5, 5.41) is 18.0. The van der Waals surface area contributed by atoms with E-state index in [2.05, 4.69) is 13.2 Å². The van der Waals surface area contributed by atoms with Crippen LogP contribution in [0.15, 0.2) is 24.8 Å². The highest BCUT2D eigenvalue weighted by atomic mass is 16.3. The zero-order valence-electron chi connectivity index (χ0n) is 10.1. The van der Waals surface area contributed by atoms with Crippen molar-refractivity contribution >= 4 is 0 Å². The van der Waals surface area contributed by atoms with E-state index in [9.17, 15) is 5.11 Å². The van der Waals surface area contributed by atoms with Gasteiger partial charge in [0.2, 0.25) is 0 Å². The summed E-state index contributed by atoms with van der Waals surface area (Å²) in [6, 6.07) is 0. The molecule has 0 radical (unpaired) electrons. The Labute approximate surface area is 88.0 Å². The zero-order valence-corrected chi connectivity index (χ0v) is 10.1. The molecule has 2 heteroatoms. The van der Waals surface area contributed by atoms with Gasteiger partial charge in [-0.05, 0) is 39.7 Å². The first-order chi connectivity index (χ1) is 6.06. The van der Waals surface area contributed by atoms with E-state index in [1.54, 1.807) is 20.8 Å². The number of aliphatic hydroxyl groups is 2. The van der Waals surface area contributed by atoms with Crippen molar-refractivity contribution in [3.05, 3.63) is 24.8 Å². The van der Waals surface area contributed by atoms with Crippen molar-refractivity contribution in [2.75, 3.05) is 0 Å². The molecule has 1 unspecified atom stereocenters. The van der Waals surface area contributed by atoms with Crippen molar-refractivity contribution in [3.8, 4) is 0 Å². The summed E-state index contributed by atoms with van der Waals surface area (Å²) in [5.74, 6) is 0. The van der Waals surface area contributed by atoms with Gasteiger partial charge in [-0.15, -0.1) is 6.58 Å². The van der Waals surface area contributed by atoms with Gasteiger partial charge in [0.1, 0.15) is 0 Å². The minimum atomic E-state index is -0.694. The second-order valence-corrected chi connectivity index (χ2v) is 4.27. The Morgan fingerprint density at radius 2 is 1.57 bits per heavy atom. The molecule has 0 aromatic rings. The molecule has 0 aliphatic rings. The van der Waals surface area contributed by atoms with Crippen LogP contribution in [0.1, 0.15) is 41.0 Å². The topological polar surface area (TPSA) is 40.5 Å². The lowest BCUT2D eigenvalue weighted by Crippen LogP contribution is -2.23. The molecule has 2 nitrogen and oxygen atoms in total. The Balaban J connectivity index is 0. The van der Waals surface area contributed by atoms with Gasteiger partial charge < -0.3 is 10.2 Å². The molecule has 0 aliphatic heterocycles. The molecular formula is C12H24O2. The third kappa shape index (κ3) is 9.49. The Morgan fingerprint density at radius 3 is 1.57 bits per heavy atom. The lowest BCUT2D eigenvalue weighted by atomic mass is 9.96. The smallest absolute Gasteiger partial charge is 0.0820 e. The van der Waals surface area contributed by atoms with Crippen molar-refractivity contribution in [2.45, 2.75) is 52.2 Å². The van der Waals surface area contributed by atoms with E-state index < -0.39 is 11.2 Å². The minimum Gasteiger partial charge on any atom is -0.386 e. The van der Waals surface area contributed by atoms with Crippen LogP contribution in [0.4, 0.5) is 0 Å². The van der Waals surface area contributed by atoms with E-state index in [-0.39, 0.29) is 0 Å². The SMILES string of the molecule is C=C(C)C(C)(O)CC.C=CC(C)(C)O. The van der Waals surface area contributed by atoms with Crippen LogP contribution in [0, 0.1) is 0 Å². The van der Waals surface area contributed by atoms with Crippen molar-refractivity contribution in [2.24, 2.45) is 0 Å². The molecule has 0 saturated carbocycles. The highest BCUT2D eigenvalue weighted by molar-refractivity contribution is 5.05. The molecule has 0 amide bonds. The van der Waals surface area contributed by atoms with Crippen molar-refractivity contribution in [1.29, 1.82) is 0 Å². The number of rotatable bonds is 3. The maximum atomic E-state index is 9.30. The molecule has 0 heterocycles. The summed E-state index contributed by atoms with van der Waals surface area (Å²) in [7, 11) is 0. The van der Waals surface area contributed by atoms with Crippen LogP contribution in [0.25, 0.3) is 0 Å². The predicted molar refractivity (Wildman–Crippen MR) is 62.2 cm³/mol. The summed E-state index contributed by atoms with van der Waals surface area (Å²) in [6.45, 7) is 15.9. The van der Waals surface area contributed by atoms with Gasteiger partial charge in [-0.3, -0.25) is 0 Å². The quantitative estimate of drug-likeness (QED) is 0.688. The summed E-state index contributed by atoms with van der Waals surface area (Å²) in [4.78, 5) is 0. The summed E-state index contributed by atoms with van der Waals surface area (Å²) in [5.41, 5.74) is -0.514. The first-order valence-electron chi connectivity index (χ1n) is 4.81. The monoisotopic (exact) mass is 200 g/mol. The molecule has 0 rings (SSSR count). The van der Waals surface area contributed by atoms with Crippen LogP contribution in [0.3, 0.4) is 0 Å². The summed E-state index contributed by atoms with van der Waals surface area (Å²) < 4.78 is 0. The van der Waals surface area contributed by atoms with Crippen LogP contribution in [0.5, 0.6) is 0 Å². The zero-order chi connectivity index (χ0) is 12.0. The first kappa shape index (κ1) is 15.9. The molecule has 0 aliphatic carbocycles. The molecular weight excluding hydrogens is 176 g/mol. The first-order valence-corrected chi connectivity index (χ1v) is 4.81. The van der Waals surface area contributed by atoms with Gasteiger partial charge >= 0.3 is 0 Å². The molecule has 0 aromatic heterocycles. The van der Waals surface area contributed by atoms with Crippen LogP contribution >= 0.6 is 0 Å². The van der Waals surface area contributed by atoms with E-state index in [0.29, 0.717) is 0 Å². The van der Waals surface area contributed by atoms with Crippen LogP contribution < -0.4 is 0 Å². The van der Waals surface area contributed by atoms with Gasteiger partial charge in [0, 0.05) is 0 Å². The maximum Gasteiger partial charge on any atom is 0.0820 e. The van der Waals surface area contributed by atoms with Crippen molar-refractivity contribution in [1.82, 2.24) is 0 Å². The molecule has 0 saturated heterocycles. The van der Waals surface area contributed by atoms with Gasteiger partial charge in [0.25, 0.3) is 0 Å². The molecule has 0 bridgehead atoms. The fourth-order valence-corrected chi connectivity index (χ4v) is 0.302. The molecule has 0 aromatic carbocycles. The number of hydrogen-bond donors (Lipinski definition) is 2. The highest BCUT2D eigenvalue weighted by Gasteiger charge is 2.16. The molecule has 1 atom stereocenters. The fraction of sp³-hybridized carbons (Fsp3) is 0.667. The minimum absolute atomic E-state index is 0.653. The van der Waals surface area contributed by atoms with E-state index >= 15 is 0 Å². The average Bonchev–Trinajstić information content (AvgIpc) is 2.04. The molecule has 0 fully saturated rings. The van der Waals surface area contributed by atoms with E-state index in [1.165, 1.54) is 6.08 Å². The van der Waals surface area contributed by atoms with Gasteiger partial charge in [-0.1, -0.05) is 19.6 Å². The van der Waals surface area contributed by atoms with E-state index in [4.69, 9.17) is 5.11 Å². The average molecular weight is 200 g/mol. The van der Waals surface area contributed by atoms with E-state index in [0.717, 1.165) is 12.0 Å². The van der Waals surface area contributed by atoms with Crippen molar-refractivity contribution in [3.63, 3.8) is 0 Å². The predicted octanol–water partition coefficient (Wildman–Crippen LogP) is 2.67. The van der Waals surface area contributed by atoms with E-state index in [1.807, 2.05) is 13.8 Å². The molecule has 84 valence electrons. The Bertz CT molecular complexity index is 185. The lowest BCUT2D eigenvalue weighted by molar-refractivity contribution is 0.0951. The van der Waals surface area contributed by atoms with Crippen LogP contribution in [-0.2, 0) is 0 Å². The summed E-state index contributed by atoms with van der Waals surface area (Å²) >= 11 is 0. The van der Waals surface area contributed by atoms with Gasteiger partial charge in [0.15, 0.2) is 0 Å². The van der Waals surface area contributed by atoms with Gasteiger partial charge in [0.05, 0.1) is 11.2 Å². The second-order valence-electron chi connectivity index (χ2n) is 4.27. The number of hydrogen-bond acceptors (Lipinski definition) is 2. The lowest BCUT2D eigenvalue weighted by Gasteiger charge is -2.20. The molecule has 14 heavy (non-hydrogen) atoms. The Morgan fingerprint density at radius 1 is 1.29 bits per heavy atom. The molecule has 2 N–H and O–H groups in total. The largest absolute Gasteiger partial charge is 0.386 e. The van der Waals surface area contributed by atoms with Crippen molar-refractivity contribution < 1.29 is 10.2 Å². The molecule has 0 spiro atoms. The Kier molecular flexibility index (Phi) is 6.79. The standard InChI is InChI=1S/C7H14O.C5H10O/c1-5-7(4,8)6(2)3;1-4-5(2,3)6/h8H,2,5H2,1,3-4H3;4,6H,1H2,2-3H3. The summed E-state index contributed by atoms with van der Waals surface area (Å²) in [6.07, 6.45) is 2.23. The highest BCUT2D eigenvalue weighted by Crippen LogP contribution is 2.16. The second kappa shape index (κ2) is 5.99. The van der Waals surface area contributed by atoms with Gasteiger partial charge in [-0.25, -0.2) is 0 Å². The van der Waals surface area contributed by atoms with Crippen LogP contribution in [-0.4, -0.2) is 21.4 Å². The van der Waals surface area contributed by atoms with Crippen LogP contribution in [0.2, 0.25) is 0 Å². The fourth-order valence-electron chi connectivity index (χ4n) is 0.302. The van der Waals surface area contributed by atoms with Gasteiger partial charge in [-0.2, -0.15) is 0 Å². The third-order valence-electron chi connectivity index (χ3n) is 2.11. The normalized spacial score (nSPS) is 14.8. The Hall–Kier alpha value is -0.600. The maximum absolute atomic E-state index is 9.30. The third-order valence-corrected chi connectivity index (χ3v) is 2.11.